The average Bonchev–Trinajstić information content (AvgIpc) is 3.24. The number of halogens is 1. The molecule has 1 aliphatic heterocycles. The third kappa shape index (κ3) is 4.63. The Kier molecular flexibility index (Phi) is 5.88. The van der Waals surface area contributed by atoms with E-state index in [0.717, 1.165) is 43.0 Å². The molecule has 150 valence electrons. The molecule has 5 nitrogen and oxygen atoms in total. The Bertz CT molecular complexity index is 975. The number of likely N-dealkylation sites (N-methyl/N-ethyl adjacent to an activating group) is 1. The predicted octanol–water partition coefficient (Wildman–Crippen LogP) is 4.02. The van der Waals surface area contributed by atoms with Gasteiger partial charge in [0.2, 0.25) is 0 Å². The Balaban J connectivity index is 1.47. The zero-order valence-electron chi connectivity index (χ0n) is 16.5. The number of nitrogens with zero attached hydrogens (tertiary/aromatic N) is 2. The number of carbonyl (C=O) groups is 1. The van der Waals surface area contributed by atoms with Crippen molar-refractivity contribution in [3.05, 3.63) is 76.9 Å². The van der Waals surface area contributed by atoms with Crippen LogP contribution in [0.2, 0.25) is 5.02 Å². The largest absolute Gasteiger partial charge is 0.368 e. The van der Waals surface area contributed by atoms with Crippen LogP contribution in [0.15, 0.2) is 60.7 Å². The molecule has 1 aromatic heterocycles. The second kappa shape index (κ2) is 8.72. The molecule has 0 spiro atoms. The summed E-state index contributed by atoms with van der Waals surface area (Å²) in [5.41, 5.74) is 4.85. The Labute approximate surface area is 176 Å². The van der Waals surface area contributed by atoms with Crippen molar-refractivity contribution in [2.45, 2.75) is 6.54 Å². The fourth-order valence-corrected chi connectivity index (χ4v) is 3.71. The van der Waals surface area contributed by atoms with Crippen LogP contribution in [-0.2, 0) is 6.54 Å². The maximum atomic E-state index is 12.6. The van der Waals surface area contributed by atoms with Crippen LogP contribution in [0.1, 0.15) is 16.1 Å². The Morgan fingerprint density at radius 3 is 2.48 bits per heavy atom. The molecular weight excluding hydrogens is 384 g/mol. The van der Waals surface area contributed by atoms with Crippen molar-refractivity contribution in [1.29, 1.82) is 0 Å². The minimum Gasteiger partial charge on any atom is -0.368 e. The van der Waals surface area contributed by atoms with Crippen LogP contribution in [0.4, 0.5) is 5.69 Å². The molecule has 1 aliphatic rings. The van der Waals surface area contributed by atoms with Gasteiger partial charge < -0.3 is 20.1 Å². The van der Waals surface area contributed by atoms with E-state index in [2.05, 4.69) is 45.3 Å². The summed E-state index contributed by atoms with van der Waals surface area (Å²) in [6.45, 7) is 4.57. The SMILES string of the molecule is CN1CCN(c2ccccc2-c2ccc(C(=O)NCc3ccc(Cl)cc3)[nH]2)CC1. The first-order chi connectivity index (χ1) is 14.1. The van der Waals surface area contributed by atoms with Crippen LogP contribution in [0.5, 0.6) is 0 Å². The third-order valence-electron chi connectivity index (χ3n) is 5.34. The summed E-state index contributed by atoms with van der Waals surface area (Å²) in [6, 6.07) is 19.7. The molecule has 0 unspecified atom stereocenters. The number of para-hydroxylation sites is 1. The van der Waals surface area contributed by atoms with Crippen LogP contribution in [0.3, 0.4) is 0 Å². The lowest BCUT2D eigenvalue weighted by molar-refractivity contribution is 0.0946. The molecule has 1 saturated heterocycles. The van der Waals surface area contributed by atoms with Gasteiger partial charge in [0, 0.05) is 54.7 Å². The molecule has 2 N–H and O–H groups in total. The first-order valence-electron chi connectivity index (χ1n) is 9.85. The number of anilines is 1. The van der Waals surface area contributed by atoms with Gasteiger partial charge in [-0.25, -0.2) is 0 Å². The quantitative estimate of drug-likeness (QED) is 0.670. The summed E-state index contributed by atoms with van der Waals surface area (Å²) in [7, 11) is 2.16. The molecule has 2 heterocycles. The van der Waals surface area contributed by atoms with Crippen molar-refractivity contribution in [2.24, 2.45) is 0 Å². The Hall–Kier alpha value is -2.76. The fraction of sp³-hybridized carbons (Fsp3) is 0.261. The highest BCUT2D eigenvalue weighted by molar-refractivity contribution is 6.30. The van der Waals surface area contributed by atoms with Gasteiger partial charge in [-0.05, 0) is 42.9 Å². The molecule has 0 saturated carbocycles. The summed E-state index contributed by atoms with van der Waals surface area (Å²) in [4.78, 5) is 20.6. The van der Waals surface area contributed by atoms with E-state index < -0.39 is 0 Å². The van der Waals surface area contributed by atoms with Gasteiger partial charge in [0.1, 0.15) is 5.69 Å². The molecule has 0 radical (unpaired) electrons. The second-order valence-corrected chi connectivity index (χ2v) is 7.84. The molecule has 29 heavy (non-hydrogen) atoms. The third-order valence-corrected chi connectivity index (χ3v) is 5.59. The number of benzene rings is 2. The molecule has 0 atom stereocenters. The van der Waals surface area contributed by atoms with Crippen LogP contribution >= 0.6 is 11.6 Å². The van der Waals surface area contributed by atoms with Gasteiger partial charge >= 0.3 is 0 Å². The van der Waals surface area contributed by atoms with Gasteiger partial charge in [-0.3, -0.25) is 4.79 Å². The highest BCUT2D eigenvalue weighted by atomic mass is 35.5. The monoisotopic (exact) mass is 408 g/mol. The number of piperazine rings is 1. The smallest absolute Gasteiger partial charge is 0.267 e. The summed E-state index contributed by atoms with van der Waals surface area (Å²) < 4.78 is 0. The van der Waals surface area contributed by atoms with E-state index in [-0.39, 0.29) is 5.91 Å². The number of aromatic amines is 1. The molecular formula is C23H25ClN4O. The van der Waals surface area contributed by atoms with Gasteiger partial charge in [-0.2, -0.15) is 0 Å². The van der Waals surface area contributed by atoms with E-state index in [9.17, 15) is 4.79 Å². The molecule has 1 amide bonds. The van der Waals surface area contributed by atoms with Crippen molar-refractivity contribution in [3.8, 4) is 11.3 Å². The van der Waals surface area contributed by atoms with Gasteiger partial charge in [-0.15, -0.1) is 0 Å². The number of H-pyrrole nitrogens is 1. The fourth-order valence-electron chi connectivity index (χ4n) is 3.59. The number of hydrogen-bond acceptors (Lipinski definition) is 3. The van der Waals surface area contributed by atoms with Crippen LogP contribution in [0.25, 0.3) is 11.3 Å². The molecule has 3 aromatic rings. The number of hydrogen-bond donors (Lipinski definition) is 2. The van der Waals surface area contributed by atoms with Crippen LogP contribution in [-0.4, -0.2) is 49.0 Å². The van der Waals surface area contributed by atoms with E-state index in [1.165, 1.54) is 5.69 Å². The Morgan fingerprint density at radius 1 is 1.00 bits per heavy atom. The lowest BCUT2D eigenvalue weighted by Crippen LogP contribution is -2.44. The lowest BCUT2D eigenvalue weighted by atomic mass is 10.1. The van der Waals surface area contributed by atoms with Gasteiger partial charge in [0.05, 0.1) is 0 Å². The van der Waals surface area contributed by atoms with Gasteiger partial charge in [-0.1, -0.05) is 41.9 Å². The standard InChI is InChI=1S/C23H25ClN4O/c1-27-12-14-28(15-13-27)22-5-3-2-4-19(22)20-10-11-21(26-20)23(29)25-16-17-6-8-18(24)9-7-17/h2-11,26H,12-16H2,1H3,(H,25,29). The number of rotatable bonds is 5. The normalized spacial score (nSPS) is 14.8. The summed E-state index contributed by atoms with van der Waals surface area (Å²) in [5, 5.41) is 3.64. The number of amides is 1. The van der Waals surface area contributed by atoms with Crippen molar-refractivity contribution in [2.75, 3.05) is 38.1 Å². The second-order valence-electron chi connectivity index (χ2n) is 7.40. The number of nitrogens with one attached hydrogen (secondary N) is 2. The molecule has 0 bridgehead atoms. The Morgan fingerprint density at radius 2 is 1.72 bits per heavy atom. The van der Waals surface area contributed by atoms with Crippen molar-refractivity contribution >= 4 is 23.2 Å². The topological polar surface area (TPSA) is 51.4 Å². The van der Waals surface area contributed by atoms with E-state index in [0.29, 0.717) is 17.3 Å². The summed E-state index contributed by atoms with van der Waals surface area (Å²) in [6.07, 6.45) is 0. The van der Waals surface area contributed by atoms with Gasteiger partial charge in [0.15, 0.2) is 0 Å². The van der Waals surface area contributed by atoms with E-state index in [1.807, 2.05) is 42.5 Å². The first kappa shape index (κ1) is 19.6. The molecule has 6 heteroatoms. The molecule has 1 fully saturated rings. The van der Waals surface area contributed by atoms with Crippen molar-refractivity contribution in [1.82, 2.24) is 15.2 Å². The zero-order valence-corrected chi connectivity index (χ0v) is 17.2. The number of aromatic nitrogens is 1. The lowest BCUT2D eigenvalue weighted by Gasteiger charge is -2.35. The highest BCUT2D eigenvalue weighted by Gasteiger charge is 2.18. The molecule has 2 aromatic carbocycles. The van der Waals surface area contributed by atoms with Crippen LogP contribution < -0.4 is 10.2 Å². The maximum Gasteiger partial charge on any atom is 0.267 e. The zero-order chi connectivity index (χ0) is 20.2. The van der Waals surface area contributed by atoms with Crippen molar-refractivity contribution < 1.29 is 4.79 Å². The summed E-state index contributed by atoms with van der Waals surface area (Å²) >= 11 is 5.91. The first-order valence-corrected chi connectivity index (χ1v) is 10.2. The highest BCUT2D eigenvalue weighted by Crippen LogP contribution is 2.30. The van der Waals surface area contributed by atoms with E-state index >= 15 is 0 Å². The van der Waals surface area contributed by atoms with Gasteiger partial charge in [0.25, 0.3) is 5.91 Å². The summed E-state index contributed by atoms with van der Waals surface area (Å²) in [5.74, 6) is -0.122. The van der Waals surface area contributed by atoms with Crippen molar-refractivity contribution in [3.63, 3.8) is 0 Å². The predicted molar refractivity (Wildman–Crippen MR) is 119 cm³/mol. The van der Waals surface area contributed by atoms with E-state index in [1.54, 1.807) is 0 Å². The van der Waals surface area contributed by atoms with Crippen LogP contribution in [0, 0.1) is 0 Å². The number of carbonyl (C=O) groups excluding carboxylic acids is 1. The maximum absolute atomic E-state index is 12.6. The molecule has 4 rings (SSSR count). The molecule has 0 aliphatic carbocycles. The minimum atomic E-state index is -0.122. The van der Waals surface area contributed by atoms with E-state index in [4.69, 9.17) is 11.6 Å². The average molecular weight is 409 g/mol. The minimum absolute atomic E-state index is 0.122.